The molecule has 0 atom stereocenters. The molecule has 0 bridgehead atoms. The molecule has 73 heavy (non-hydrogen) atoms. The number of unbranched alkanes of at least 4 members (excludes halogenated alkanes) is 1. The molecule has 0 heterocycles. The van der Waals surface area contributed by atoms with Crippen molar-refractivity contribution in [3.05, 3.63) is 229 Å². The van der Waals surface area contributed by atoms with Crippen LogP contribution in [-0.4, -0.2) is 37.4 Å². The highest BCUT2D eigenvalue weighted by Crippen LogP contribution is 2.39. The average molecular weight is 959 g/mol. The summed E-state index contributed by atoms with van der Waals surface area (Å²) in [7, 11) is 1.69. The van der Waals surface area contributed by atoms with E-state index >= 15 is 0 Å². The Balaban J connectivity index is 0.848. The molecule has 0 spiro atoms. The van der Waals surface area contributed by atoms with Gasteiger partial charge in [0.25, 0.3) is 0 Å². The Kier molecular flexibility index (Phi) is 14.6. The molecule has 8 heteroatoms. The minimum absolute atomic E-state index is 0.125. The van der Waals surface area contributed by atoms with Crippen molar-refractivity contribution in [1.82, 2.24) is 0 Å². The van der Waals surface area contributed by atoms with Crippen LogP contribution in [0.4, 0.5) is 34.1 Å². The van der Waals surface area contributed by atoms with E-state index in [-0.39, 0.29) is 30.8 Å². The van der Waals surface area contributed by atoms with Crippen LogP contribution in [0.5, 0.6) is 11.5 Å². The molecule has 1 aliphatic rings. The van der Waals surface area contributed by atoms with Crippen molar-refractivity contribution >= 4 is 97.5 Å². The van der Waals surface area contributed by atoms with Crippen LogP contribution in [0.2, 0.25) is 0 Å². The molecular weight excluding hydrogens is 905 g/mol. The highest BCUT2D eigenvalue weighted by Gasteiger charge is 2.36. The van der Waals surface area contributed by atoms with Crippen LogP contribution < -0.4 is 19.3 Å². The average Bonchev–Trinajstić information content (AvgIpc) is 3.76. The SMILES string of the molecule is COc1ccc(N(c2ccccc2)c2ccc(/C=C/c3c4ccccc4c(/C=C/c4ccc(N(c5ccccc5)c5ccc(OCCCCC(=O)OC6C(=O)CCC6=O)cc5)cc4)c4ccccc34)cc2)cc1. The first-order valence-corrected chi connectivity index (χ1v) is 24.7. The maximum absolute atomic E-state index is 12.2. The third-order valence-corrected chi connectivity index (χ3v) is 13.2. The first kappa shape index (κ1) is 47.7. The Morgan fingerprint density at radius 3 is 1.23 bits per heavy atom. The van der Waals surface area contributed by atoms with E-state index in [4.69, 9.17) is 14.2 Å². The zero-order valence-electron chi connectivity index (χ0n) is 40.6. The van der Waals surface area contributed by atoms with Crippen LogP contribution in [0.15, 0.2) is 206 Å². The van der Waals surface area contributed by atoms with E-state index in [0.29, 0.717) is 25.2 Å². The number of benzene rings is 9. The summed E-state index contributed by atoms with van der Waals surface area (Å²) in [5.74, 6) is 0.375. The van der Waals surface area contributed by atoms with Gasteiger partial charge in [-0.3, -0.25) is 14.4 Å². The molecule has 0 radical (unpaired) electrons. The summed E-state index contributed by atoms with van der Waals surface area (Å²) < 4.78 is 16.6. The van der Waals surface area contributed by atoms with Crippen LogP contribution in [0.25, 0.3) is 45.8 Å². The number of anilines is 6. The molecule has 9 aromatic carbocycles. The van der Waals surface area contributed by atoms with Gasteiger partial charge in [-0.15, -0.1) is 0 Å². The van der Waals surface area contributed by atoms with Gasteiger partial charge in [-0.05, 0) is 154 Å². The molecule has 0 N–H and O–H groups in total. The monoisotopic (exact) mass is 958 g/mol. The maximum Gasteiger partial charge on any atom is 0.306 e. The summed E-state index contributed by atoms with van der Waals surface area (Å²) in [6, 6.07) is 71.4. The summed E-state index contributed by atoms with van der Waals surface area (Å²) in [6.07, 6.45) is 9.23. The number of rotatable bonds is 18. The van der Waals surface area contributed by atoms with Gasteiger partial charge in [0, 0.05) is 53.4 Å². The number of carbonyl (C=O) groups excluding carboxylic acids is 3. The molecule has 0 aromatic heterocycles. The number of ether oxygens (including phenoxy) is 3. The van der Waals surface area contributed by atoms with E-state index in [1.54, 1.807) is 7.11 Å². The second-order valence-corrected chi connectivity index (χ2v) is 17.9. The number of carbonyl (C=O) groups is 3. The number of nitrogens with zero attached hydrogens (tertiary/aromatic N) is 2. The van der Waals surface area contributed by atoms with Crippen LogP contribution >= 0.6 is 0 Å². The lowest BCUT2D eigenvalue weighted by Crippen LogP contribution is -2.28. The zero-order chi connectivity index (χ0) is 49.9. The van der Waals surface area contributed by atoms with Gasteiger partial charge in [0.2, 0.25) is 6.10 Å². The van der Waals surface area contributed by atoms with E-state index in [9.17, 15) is 14.4 Å². The van der Waals surface area contributed by atoms with Crippen molar-refractivity contribution in [2.45, 2.75) is 38.2 Å². The third kappa shape index (κ3) is 11.0. The summed E-state index contributed by atoms with van der Waals surface area (Å²) in [5, 5.41) is 4.73. The van der Waals surface area contributed by atoms with Crippen LogP contribution in [0, 0.1) is 0 Å². The fraction of sp³-hybridized carbons (Fsp3) is 0.123. The molecule has 1 fully saturated rings. The highest BCUT2D eigenvalue weighted by atomic mass is 16.6. The number of methoxy groups -OCH3 is 1. The molecule has 10 rings (SSSR count). The number of hydrogen-bond donors (Lipinski definition) is 0. The lowest BCUT2D eigenvalue weighted by Gasteiger charge is -2.25. The quantitative estimate of drug-likeness (QED) is 0.0276. The first-order chi connectivity index (χ1) is 35.9. The maximum atomic E-state index is 12.2. The molecule has 0 unspecified atom stereocenters. The number of esters is 1. The van der Waals surface area contributed by atoms with Crippen LogP contribution in [0.3, 0.4) is 0 Å². The fourth-order valence-electron chi connectivity index (χ4n) is 9.43. The van der Waals surface area contributed by atoms with Crippen molar-refractivity contribution in [1.29, 1.82) is 0 Å². The van der Waals surface area contributed by atoms with E-state index in [0.717, 1.165) is 51.0 Å². The van der Waals surface area contributed by atoms with Crippen molar-refractivity contribution in [3.8, 4) is 11.5 Å². The number of hydrogen-bond acceptors (Lipinski definition) is 8. The Hall–Kier alpha value is -9.01. The summed E-state index contributed by atoms with van der Waals surface area (Å²) in [6.45, 7) is 0.413. The molecule has 9 aromatic rings. The third-order valence-electron chi connectivity index (χ3n) is 13.2. The minimum Gasteiger partial charge on any atom is -0.497 e. The second-order valence-electron chi connectivity index (χ2n) is 17.9. The number of para-hydroxylation sites is 2. The molecule has 0 aliphatic heterocycles. The van der Waals surface area contributed by atoms with Crippen LogP contribution in [-0.2, 0) is 19.1 Å². The lowest BCUT2D eigenvalue weighted by molar-refractivity contribution is -0.157. The van der Waals surface area contributed by atoms with E-state index in [2.05, 4.69) is 180 Å². The van der Waals surface area contributed by atoms with E-state index in [1.807, 2.05) is 60.7 Å². The number of fused-ring (bicyclic) bond motifs is 2. The van der Waals surface area contributed by atoms with E-state index in [1.165, 1.54) is 32.7 Å². The Morgan fingerprint density at radius 1 is 0.452 bits per heavy atom. The predicted octanol–water partition coefficient (Wildman–Crippen LogP) is 15.7. The van der Waals surface area contributed by atoms with Gasteiger partial charge in [-0.1, -0.05) is 133 Å². The zero-order valence-corrected chi connectivity index (χ0v) is 40.6. The largest absolute Gasteiger partial charge is 0.497 e. The second kappa shape index (κ2) is 22.4. The van der Waals surface area contributed by atoms with Crippen molar-refractivity contribution in [3.63, 3.8) is 0 Å². The standard InChI is InChI=1S/C65H54N2O6/c1-71-54-37-33-52(34-38-54)66(48-14-4-2-5-15-48)50-29-23-46(24-30-50)27-41-60-56-18-8-10-20-58(56)61(59-21-11-9-19-57(59)60)42-28-47-25-31-51(32-26-47)67(49-16-6-3-7-17-49)53-35-39-55(40-36-53)72-45-13-12-22-64(70)73-65-62(68)43-44-63(65)69/h2-11,14-21,23-42,65H,12-13,22,43-45H2,1H3/b41-27+,42-28+. The van der Waals surface area contributed by atoms with Gasteiger partial charge < -0.3 is 24.0 Å². The number of Topliss-reactive ketones (excluding diaryl/α,β-unsaturated/α-hetero) is 2. The molecule has 8 nitrogen and oxygen atoms in total. The van der Waals surface area contributed by atoms with Gasteiger partial charge in [-0.25, -0.2) is 0 Å². The summed E-state index contributed by atoms with van der Waals surface area (Å²) in [5.41, 5.74) is 10.7. The fourth-order valence-corrected chi connectivity index (χ4v) is 9.43. The molecule has 1 aliphatic carbocycles. The molecule has 0 amide bonds. The minimum atomic E-state index is -1.22. The first-order valence-electron chi connectivity index (χ1n) is 24.7. The molecule has 1 saturated carbocycles. The highest BCUT2D eigenvalue weighted by molar-refractivity contribution is 6.14. The Bertz CT molecular complexity index is 3350. The van der Waals surface area contributed by atoms with Crippen molar-refractivity contribution in [2.75, 3.05) is 23.5 Å². The van der Waals surface area contributed by atoms with Crippen molar-refractivity contribution in [2.24, 2.45) is 0 Å². The summed E-state index contributed by atoms with van der Waals surface area (Å²) >= 11 is 0. The molecule has 0 saturated heterocycles. The van der Waals surface area contributed by atoms with Crippen molar-refractivity contribution < 1.29 is 28.6 Å². The van der Waals surface area contributed by atoms with Gasteiger partial charge in [0.15, 0.2) is 11.6 Å². The van der Waals surface area contributed by atoms with Gasteiger partial charge in [-0.2, -0.15) is 0 Å². The molecule has 360 valence electrons. The Morgan fingerprint density at radius 2 is 0.822 bits per heavy atom. The number of ketones is 2. The van der Waals surface area contributed by atoms with Gasteiger partial charge >= 0.3 is 5.97 Å². The van der Waals surface area contributed by atoms with Gasteiger partial charge in [0.1, 0.15) is 11.5 Å². The molecular formula is C65H54N2O6. The van der Waals surface area contributed by atoms with E-state index < -0.39 is 12.1 Å². The predicted molar refractivity (Wildman–Crippen MR) is 297 cm³/mol. The topological polar surface area (TPSA) is 85.4 Å². The lowest BCUT2D eigenvalue weighted by atomic mass is 9.91. The smallest absolute Gasteiger partial charge is 0.306 e. The van der Waals surface area contributed by atoms with Crippen LogP contribution in [0.1, 0.15) is 54.4 Å². The summed E-state index contributed by atoms with van der Waals surface area (Å²) in [4.78, 5) is 40.3. The normalized spacial score (nSPS) is 12.8. The Labute approximate surface area is 426 Å². The van der Waals surface area contributed by atoms with Gasteiger partial charge in [0.05, 0.1) is 13.7 Å².